The van der Waals surface area contributed by atoms with Crippen LogP contribution in [0.5, 0.6) is 0 Å². The SMILES string of the molecule is Cc1cc(C)n(-c2cc(Nc3c(C)c(-c4ccc(F)cn4)nn3CC3CC3)ncn2)n1. The highest BCUT2D eigenvalue weighted by molar-refractivity contribution is 5.69. The quantitative estimate of drug-likeness (QED) is 0.506. The summed E-state index contributed by atoms with van der Waals surface area (Å²) in [5.41, 5.74) is 4.24. The fraction of sp³-hybridized carbons (Fsp3) is 0.318. The Morgan fingerprint density at radius 2 is 1.90 bits per heavy atom. The Balaban J connectivity index is 1.51. The number of hydrogen-bond donors (Lipinski definition) is 1. The van der Waals surface area contributed by atoms with Crippen molar-refractivity contribution in [1.82, 2.24) is 34.5 Å². The topological polar surface area (TPSA) is 86.3 Å². The summed E-state index contributed by atoms with van der Waals surface area (Å²) in [5, 5.41) is 12.7. The van der Waals surface area contributed by atoms with Crippen LogP contribution in [0.3, 0.4) is 0 Å². The number of halogens is 1. The third kappa shape index (κ3) is 3.90. The standard InChI is InChI=1S/C22H23FN8/c1-13-8-14(2)31(28-13)20-9-19(25-12-26-20)27-22-15(3)21(18-7-6-17(23)10-24-18)29-30(22)11-16-4-5-16/h6-10,12,16H,4-5,11H2,1-3H3,(H,25,26,27). The van der Waals surface area contributed by atoms with E-state index in [1.54, 1.807) is 10.7 Å². The number of pyridine rings is 1. The monoisotopic (exact) mass is 418 g/mol. The zero-order valence-electron chi connectivity index (χ0n) is 17.7. The summed E-state index contributed by atoms with van der Waals surface area (Å²) >= 11 is 0. The molecule has 9 heteroatoms. The average Bonchev–Trinajstić information content (AvgIpc) is 3.44. The van der Waals surface area contributed by atoms with Gasteiger partial charge in [-0.05, 0) is 57.7 Å². The molecule has 0 spiro atoms. The summed E-state index contributed by atoms with van der Waals surface area (Å²) in [6.07, 6.45) is 5.15. The lowest BCUT2D eigenvalue weighted by molar-refractivity contribution is 0.570. The van der Waals surface area contributed by atoms with Gasteiger partial charge in [-0.25, -0.2) is 23.7 Å². The number of aryl methyl sites for hydroxylation is 2. The van der Waals surface area contributed by atoms with Crippen LogP contribution >= 0.6 is 0 Å². The van der Waals surface area contributed by atoms with Gasteiger partial charge in [0.1, 0.15) is 29.5 Å². The molecule has 1 aliphatic rings. The van der Waals surface area contributed by atoms with Gasteiger partial charge in [-0.1, -0.05) is 0 Å². The molecule has 0 unspecified atom stereocenters. The first-order valence-electron chi connectivity index (χ1n) is 10.3. The van der Waals surface area contributed by atoms with Gasteiger partial charge in [0.25, 0.3) is 0 Å². The highest BCUT2D eigenvalue weighted by Crippen LogP contribution is 2.35. The van der Waals surface area contributed by atoms with Gasteiger partial charge in [0.15, 0.2) is 5.82 Å². The molecule has 4 heterocycles. The number of nitrogens with one attached hydrogen (secondary N) is 1. The van der Waals surface area contributed by atoms with E-state index in [0.29, 0.717) is 23.2 Å². The molecule has 8 nitrogen and oxygen atoms in total. The van der Waals surface area contributed by atoms with Crippen LogP contribution in [-0.4, -0.2) is 34.5 Å². The Hall–Kier alpha value is -3.62. The lowest BCUT2D eigenvalue weighted by Crippen LogP contribution is -2.09. The van der Waals surface area contributed by atoms with Crippen LogP contribution < -0.4 is 5.32 Å². The fourth-order valence-electron chi connectivity index (χ4n) is 3.66. The van der Waals surface area contributed by atoms with E-state index in [0.717, 1.165) is 35.0 Å². The molecule has 0 atom stereocenters. The van der Waals surface area contributed by atoms with E-state index in [2.05, 4.69) is 25.4 Å². The lowest BCUT2D eigenvalue weighted by atomic mass is 10.2. The van der Waals surface area contributed by atoms with Crippen molar-refractivity contribution in [3.63, 3.8) is 0 Å². The van der Waals surface area contributed by atoms with Crippen molar-refractivity contribution in [2.75, 3.05) is 5.32 Å². The number of anilines is 2. The smallest absolute Gasteiger partial charge is 0.159 e. The molecule has 1 aliphatic carbocycles. The second-order valence-corrected chi connectivity index (χ2v) is 8.03. The van der Waals surface area contributed by atoms with Crippen LogP contribution in [-0.2, 0) is 6.54 Å². The first kappa shape index (κ1) is 19.3. The largest absolute Gasteiger partial charge is 0.325 e. The van der Waals surface area contributed by atoms with Gasteiger partial charge in [0.2, 0.25) is 0 Å². The minimum Gasteiger partial charge on any atom is -0.325 e. The molecule has 1 N–H and O–H groups in total. The van der Waals surface area contributed by atoms with Crippen LogP contribution in [0.25, 0.3) is 17.2 Å². The fourth-order valence-corrected chi connectivity index (χ4v) is 3.66. The molecule has 0 saturated heterocycles. The maximum atomic E-state index is 13.3. The molecule has 0 bridgehead atoms. The maximum Gasteiger partial charge on any atom is 0.159 e. The molecular formula is C22H23FN8. The summed E-state index contributed by atoms with van der Waals surface area (Å²) in [4.78, 5) is 13.0. The third-order valence-electron chi connectivity index (χ3n) is 5.41. The van der Waals surface area contributed by atoms with E-state index in [-0.39, 0.29) is 5.82 Å². The Bertz CT molecular complexity index is 1240. The van der Waals surface area contributed by atoms with E-state index in [4.69, 9.17) is 5.10 Å². The summed E-state index contributed by atoms with van der Waals surface area (Å²) < 4.78 is 17.1. The molecule has 5 rings (SSSR count). The van der Waals surface area contributed by atoms with Crippen molar-refractivity contribution in [1.29, 1.82) is 0 Å². The van der Waals surface area contributed by atoms with E-state index < -0.39 is 0 Å². The number of hydrogen-bond acceptors (Lipinski definition) is 6. The lowest BCUT2D eigenvalue weighted by Gasteiger charge is -2.11. The molecule has 1 fully saturated rings. The predicted octanol–water partition coefficient (Wildman–Crippen LogP) is 4.14. The summed E-state index contributed by atoms with van der Waals surface area (Å²) in [5.74, 6) is 2.45. The van der Waals surface area contributed by atoms with Crippen LogP contribution in [0.4, 0.5) is 16.0 Å². The second kappa shape index (κ2) is 7.57. The first-order chi connectivity index (χ1) is 15.0. The van der Waals surface area contributed by atoms with Crippen LogP contribution in [0.1, 0.15) is 29.8 Å². The Kier molecular flexibility index (Phi) is 4.72. The van der Waals surface area contributed by atoms with Crippen molar-refractivity contribution in [2.45, 2.75) is 40.2 Å². The molecule has 0 aliphatic heterocycles. The zero-order chi connectivity index (χ0) is 21.5. The molecule has 0 amide bonds. The van der Waals surface area contributed by atoms with Crippen molar-refractivity contribution < 1.29 is 4.39 Å². The first-order valence-corrected chi connectivity index (χ1v) is 10.3. The van der Waals surface area contributed by atoms with Gasteiger partial charge in [-0.15, -0.1) is 0 Å². The van der Waals surface area contributed by atoms with Gasteiger partial charge in [-0.3, -0.25) is 4.98 Å². The van der Waals surface area contributed by atoms with E-state index >= 15 is 0 Å². The van der Waals surface area contributed by atoms with E-state index in [1.165, 1.54) is 31.4 Å². The zero-order valence-corrected chi connectivity index (χ0v) is 17.7. The summed E-state index contributed by atoms with van der Waals surface area (Å²) in [6.45, 7) is 6.75. The molecule has 31 heavy (non-hydrogen) atoms. The minimum absolute atomic E-state index is 0.366. The molecular weight excluding hydrogens is 395 g/mol. The maximum absolute atomic E-state index is 13.3. The highest BCUT2D eigenvalue weighted by Gasteiger charge is 2.26. The predicted molar refractivity (Wildman–Crippen MR) is 115 cm³/mol. The van der Waals surface area contributed by atoms with Crippen LogP contribution in [0, 0.1) is 32.5 Å². The Morgan fingerprint density at radius 1 is 1.06 bits per heavy atom. The Labute approximate surface area is 179 Å². The van der Waals surface area contributed by atoms with Crippen molar-refractivity contribution in [3.8, 4) is 17.2 Å². The summed E-state index contributed by atoms with van der Waals surface area (Å²) in [6, 6.07) is 6.93. The van der Waals surface area contributed by atoms with Crippen LogP contribution in [0.2, 0.25) is 0 Å². The highest BCUT2D eigenvalue weighted by atomic mass is 19.1. The van der Waals surface area contributed by atoms with Gasteiger partial charge >= 0.3 is 0 Å². The Morgan fingerprint density at radius 3 is 2.58 bits per heavy atom. The summed E-state index contributed by atoms with van der Waals surface area (Å²) in [7, 11) is 0. The van der Waals surface area contributed by atoms with Crippen molar-refractivity contribution in [3.05, 3.63) is 59.6 Å². The van der Waals surface area contributed by atoms with Gasteiger partial charge in [0.05, 0.1) is 17.6 Å². The average molecular weight is 418 g/mol. The minimum atomic E-state index is -0.366. The molecule has 4 aromatic rings. The molecule has 158 valence electrons. The molecule has 0 aromatic carbocycles. The van der Waals surface area contributed by atoms with Crippen molar-refractivity contribution in [2.24, 2.45) is 5.92 Å². The number of rotatable bonds is 6. The molecule has 1 saturated carbocycles. The third-order valence-corrected chi connectivity index (χ3v) is 5.41. The van der Waals surface area contributed by atoms with Gasteiger partial charge < -0.3 is 5.32 Å². The normalized spacial score (nSPS) is 13.5. The van der Waals surface area contributed by atoms with Gasteiger partial charge in [-0.2, -0.15) is 10.2 Å². The second-order valence-electron chi connectivity index (χ2n) is 8.03. The van der Waals surface area contributed by atoms with E-state index in [9.17, 15) is 4.39 Å². The molecule has 0 radical (unpaired) electrons. The number of nitrogens with zero attached hydrogens (tertiary/aromatic N) is 7. The number of aromatic nitrogens is 7. The van der Waals surface area contributed by atoms with Crippen molar-refractivity contribution >= 4 is 11.6 Å². The molecule has 4 aromatic heterocycles. The van der Waals surface area contributed by atoms with Crippen LogP contribution in [0.15, 0.2) is 36.8 Å². The van der Waals surface area contributed by atoms with Gasteiger partial charge in [0, 0.05) is 23.9 Å². The van der Waals surface area contributed by atoms with E-state index in [1.807, 2.05) is 37.6 Å².